The second-order valence-electron chi connectivity index (χ2n) is 8.82. The summed E-state index contributed by atoms with van der Waals surface area (Å²) in [6.07, 6.45) is 8.74. The molecular weight excluding hydrogens is 362 g/mol. The molecule has 5 rings (SSSR count). The van der Waals surface area contributed by atoms with Crippen LogP contribution in [0.25, 0.3) is 17.0 Å². The zero-order chi connectivity index (χ0) is 20.0. The van der Waals surface area contributed by atoms with Gasteiger partial charge in [0.25, 0.3) is 0 Å². The zero-order valence-electron chi connectivity index (χ0n) is 17.4. The zero-order valence-corrected chi connectivity index (χ0v) is 17.4. The predicted molar refractivity (Wildman–Crippen MR) is 116 cm³/mol. The highest BCUT2D eigenvalue weighted by atomic mass is 16.5. The Morgan fingerprint density at radius 3 is 2.93 bits per heavy atom. The molecule has 2 aliphatic rings. The Kier molecular flexibility index (Phi) is 4.46. The molecule has 1 saturated carbocycles. The number of hydrogen-bond donors (Lipinski definition) is 2. The molecule has 0 aromatic carbocycles. The molecule has 0 spiro atoms. The van der Waals surface area contributed by atoms with Gasteiger partial charge in [-0.1, -0.05) is 13.0 Å². The fourth-order valence-electron chi connectivity index (χ4n) is 4.40. The summed E-state index contributed by atoms with van der Waals surface area (Å²) < 4.78 is 7.82. The summed E-state index contributed by atoms with van der Waals surface area (Å²) in [5, 5.41) is 7.13. The topological polar surface area (TPSA) is 63.5 Å². The van der Waals surface area contributed by atoms with Crippen molar-refractivity contribution in [3.8, 4) is 17.1 Å². The SMILES string of the molecule is COc1cc2ncc(-c3cccc(NC4CCNC(C)C4)n3)n2cc1C1(C)CC1. The van der Waals surface area contributed by atoms with E-state index < -0.39 is 0 Å². The van der Waals surface area contributed by atoms with Gasteiger partial charge in [-0.25, -0.2) is 9.97 Å². The molecule has 0 bridgehead atoms. The molecule has 29 heavy (non-hydrogen) atoms. The molecule has 2 atom stereocenters. The van der Waals surface area contributed by atoms with E-state index in [1.54, 1.807) is 7.11 Å². The number of aromatic nitrogens is 3. The first-order valence-electron chi connectivity index (χ1n) is 10.6. The number of fused-ring (bicyclic) bond motifs is 1. The predicted octanol–water partition coefficient (Wildman–Crippen LogP) is 4.01. The van der Waals surface area contributed by atoms with E-state index in [9.17, 15) is 0 Å². The minimum absolute atomic E-state index is 0.212. The van der Waals surface area contributed by atoms with Crippen LogP contribution >= 0.6 is 0 Å². The van der Waals surface area contributed by atoms with E-state index in [0.717, 1.165) is 48.0 Å². The van der Waals surface area contributed by atoms with Gasteiger partial charge >= 0.3 is 0 Å². The van der Waals surface area contributed by atoms with Gasteiger partial charge in [0.2, 0.25) is 0 Å². The van der Waals surface area contributed by atoms with Crippen LogP contribution in [0.2, 0.25) is 0 Å². The van der Waals surface area contributed by atoms with Crippen molar-refractivity contribution >= 4 is 11.5 Å². The lowest BCUT2D eigenvalue weighted by atomic mass is 9.99. The van der Waals surface area contributed by atoms with Crippen molar-refractivity contribution in [3.63, 3.8) is 0 Å². The summed E-state index contributed by atoms with van der Waals surface area (Å²) in [4.78, 5) is 9.53. The monoisotopic (exact) mass is 391 g/mol. The summed E-state index contributed by atoms with van der Waals surface area (Å²) in [7, 11) is 1.74. The van der Waals surface area contributed by atoms with Crippen LogP contribution in [0, 0.1) is 0 Å². The lowest BCUT2D eigenvalue weighted by molar-refractivity contribution is 0.396. The molecule has 3 aromatic rings. The van der Waals surface area contributed by atoms with E-state index in [4.69, 9.17) is 9.72 Å². The molecule has 0 amide bonds. The lowest BCUT2D eigenvalue weighted by Gasteiger charge is -2.29. The number of piperidine rings is 1. The Morgan fingerprint density at radius 1 is 1.31 bits per heavy atom. The summed E-state index contributed by atoms with van der Waals surface area (Å²) in [5.41, 5.74) is 4.29. The molecule has 3 aromatic heterocycles. The molecule has 1 aliphatic carbocycles. The largest absolute Gasteiger partial charge is 0.496 e. The van der Waals surface area contributed by atoms with Gasteiger partial charge < -0.3 is 15.4 Å². The number of rotatable bonds is 5. The Bertz CT molecular complexity index is 1040. The third kappa shape index (κ3) is 3.46. The summed E-state index contributed by atoms with van der Waals surface area (Å²) in [6.45, 7) is 5.59. The molecule has 152 valence electrons. The van der Waals surface area contributed by atoms with Crippen molar-refractivity contribution in [2.24, 2.45) is 0 Å². The van der Waals surface area contributed by atoms with Crippen LogP contribution in [-0.2, 0) is 5.41 Å². The smallest absolute Gasteiger partial charge is 0.140 e. The van der Waals surface area contributed by atoms with Gasteiger partial charge in [-0.15, -0.1) is 0 Å². The Hall–Kier alpha value is -2.60. The number of anilines is 1. The van der Waals surface area contributed by atoms with Gasteiger partial charge in [-0.2, -0.15) is 0 Å². The molecule has 0 radical (unpaired) electrons. The van der Waals surface area contributed by atoms with Crippen LogP contribution in [0.15, 0.2) is 36.7 Å². The Morgan fingerprint density at radius 2 is 2.17 bits per heavy atom. The van der Waals surface area contributed by atoms with Crippen molar-refractivity contribution in [1.82, 2.24) is 19.7 Å². The van der Waals surface area contributed by atoms with E-state index in [-0.39, 0.29) is 5.41 Å². The molecule has 2 fully saturated rings. The minimum Gasteiger partial charge on any atom is -0.496 e. The third-order valence-corrected chi connectivity index (χ3v) is 6.47. The normalized spacial score (nSPS) is 23.1. The van der Waals surface area contributed by atoms with E-state index in [1.807, 2.05) is 12.3 Å². The number of pyridine rings is 2. The average Bonchev–Trinajstić information content (AvgIpc) is 3.33. The number of ether oxygens (including phenoxy) is 1. The molecule has 1 aliphatic heterocycles. The van der Waals surface area contributed by atoms with Crippen molar-refractivity contribution in [3.05, 3.63) is 42.2 Å². The van der Waals surface area contributed by atoms with Crippen molar-refractivity contribution in [1.29, 1.82) is 0 Å². The maximum absolute atomic E-state index is 5.66. The molecule has 1 saturated heterocycles. The van der Waals surface area contributed by atoms with Crippen LogP contribution in [0.4, 0.5) is 5.82 Å². The van der Waals surface area contributed by atoms with Crippen molar-refractivity contribution in [2.45, 2.75) is 57.0 Å². The lowest BCUT2D eigenvalue weighted by Crippen LogP contribution is -2.41. The fraction of sp³-hybridized carbons (Fsp3) is 0.478. The van der Waals surface area contributed by atoms with Gasteiger partial charge in [0.1, 0.15) is 17.2 Å². The quantitative estimate of drug-likeness (QED) is 0.688. The number of hydrogen-bond acceptors (Lipinski definition) is 5. The Labute approximate surface area is 171 Å². The van der Waals surface area contributed by atoms with Gasteiger partial charge in [-0.3, -0.25) is 4.40 Å². The summed E-state index contributed by atoms with van der Waals surface area (Å²) >= 11 is 0. The van der Waals surface area contributed by atoms with E-state index >= 15 is 0 Å². The molecule has 6 heteroatoms. The summed E-state index contributed by atoms with van der Waals surface area (Å²) in [6, 6.07) is 9.23. The first-order valence-corrected chi connectivity index (χ1v) is 10.6. The average molecular weight is 392 g/mol. The van der Waals surface area contributed by atoms with Crippen LogP contribution in [0.3, 0.4) is 0 Å². The number of nitrogens with zero attached hydrogens (tertiary/aromatic N) is 3. The van der Waals surface area contributed by atoms with Gasteiger partial charge in [-0.05, 0) is 56.7 Å². The second-order valence-corrected chi connectivity index (χ2v) is 8.82. The molecule has 2 unspecified atom stereocenters. The van der Waals surface area contributed by atoms with Crippen LogP contribution in [0.5, 0.6) is 5.75 Å². The molecule has 2 N–H and O–H groups in total. The first kappa shape index (κ1) is 18.4. The Balaban J connectivity index is 1.49. The number of nitrogens with one attached hydrogen (secondary N) is 2. The van der Waals surface area contributed by atoms with Gasteiger partial charge in [0.05, 0.1) is 24.7 Å². The second kappa shape index (κ2) is 7.02. The van der Waals surface area contributed by atoms with Gasteiger partial charge in [0.15, 0.2) is 0 Å². The van der Waals surface area contributed by atoms with E-state index in [0.29, 0.717) is 12.1 Å². The van der Waals surface area contributed by atoms with Crippen molar-refractivity contribution in [2.75, 3.05) is 19.0 Å². The highest BCUT2D eigenvalue weighted by Gasteiger charge is 2.41. The maximum Gasteiger partial charge on any atom is 0.140 e. The van der Waals surface area contributed by atoms with Gasteiger partial charge in [0, 0.05) is 29.9 Å². The summed E-state index contributed by atoms with van der Waals surface area (Å²) in [5.74, 6) is 1.86. The molecular formula is C23H29N5O. The van der Waals surface area contributed by atoms with Crippen LogP contribution < -0.4 is 15.4 Å². The maximum atomic E-state index is 5.66. The number of methoxy groups -OCH3 is 1. The van der Waals surface area contributed by atoms with Crippen LogP contribution in [0.1, 0.15) is 45.1 Å². The molecule has 6 nitrogen and oxygen atoms in total. The van der Waals surface area contributed by atoms with Crippen molar-refractivity contribution < 1.29 is 4.74 Å². The highest BCUT2D eigenvalue weighted by molar-refractivity contribution is 5.64. The van der Waals surface area contributed by atoms with E-state index in [2.05, 4.69) is 58.3 Å². The van der Waals surface area contributed by atoms with Crippen LogP contribution in [-0.4, -0.2) is 40.1 Å². The number of imidazole rings is 1. The molecule has 4 heterocycles. The fourth-order valence-corrected chi connectivity index (χ4v) is 4.40. The standard InChI is InChI=1S/C23H29N5O/c1-15-11-16(7-10-24-15)26-21-6-4-5-18(27-21)19-13-25-22-12-20(29-3)17(14-28(19)22)23(2)8-9-23/h4-6,12-16,24H,7-11H2,1-3H3,(H,26,27). The third-order valence-electron chi connectivity index (χ3n) is 6.47. The minimum atomic E-state index is 0.212. The van der Waals surface area contributed by atoms with E-state index in [1.165, 1.54) is 18.4 Å². The highest BCUT2D eigenvalue weighted by Crippen LogP contribution is 2.51. The first-order chi connectivity index (χ1) is 14.1.